The summed E-state index contributed by atoms with van der Waals surface area (Å²) in [5.41, 5.74) is 8.64. The first-order valence-corrected chi connectivity index (χ1v) is 5.14. The van der Waals surface area contributed by atoms with Crippen LogP contribution >= 0.6 is 0 Å². The first-order valence-electron chi connectivity index (χ1n) is 5.14. The summed E-state index contributed by atoms with van der Waals surface area (Å²) in [5, 5.41) is 2.08. The Morgan fingerprint density at radius 2 is 1.62 bits per heavy atom. The van der Waals surface area contributed by atoms with Gasteiger partial charge in [-0.3, -0.25) is 0 Å². The minimum atomic E-state index is 0.752. The van der Waals surface area contributed by atoms with Crippen molar-refractivity contribution in [1.29, 1.82) is 0 Å². The normalized spacial score (nSPS) is 11.0. The Bertz CT molecular complexity index is 689. The third-order valence-corrected chi connectivity index (χ3v) is 2.87. The maximum absolute atomic E-state index is 6.08. The quantitative estimate of drug-likeness (QED) is 0.256. The van der Waals surface area contributed by atoms with Crippen LogP contribution in [0.1, 0.15) is 0 Å². The van der Waals surface area contributed by atoms with E-state index in [0.717, 1.165) is 27.5 Å². The largest absolute Gasteiger partial charge is 0.398 e. The second-order valence-electron chi connectivity index (χ2n) is 3.85. The number of nitrogen functional groups attached to an aromatic ring is 2. The van der Waals surface area contributed by atoms with E-state index in [2.05, 4.69) is 6.07 Å². The van der Waals surface area contributed by atoms with Gasteiger partial charge in [0.1, 0.15) is 0 Å². The van der Waals surface area contributed by atoms with Crippen LogP contribution in [-0.2, 0) is 0 Å². The molecule has 0 bridgehead atoms. The van der Waals surface area contributed by atoms with Crippen molar-refractivity contribution in [3.8, 4) is 0 Å². The molecule has 0 atom stereocenters. The highest BCUT2D eigenvalue weighted by Gasteiger charge is 2.13. The number of aromatic nitrogens is 1. The van der Waals surface area contributed by atoms with Gasteiger partial charge in [-0.25, -0.2) is 5.84 Å². The number of benzene rings is 2. The van der Waals surface area contributed by atoms with Crippen molar-refractivity contribution in [1.82, 2.24) is 0 Å². The molecule has 3 aromatic rings. The molecular weight excluding hydrogens is 198 g/mol. The van der Waals surface area contributed by atoms with E-state index in [-0.39, 0.29) is 0 Å². The second kappa shape index (κ2) is 3.10. The SMILES string of the molecule is Nc1cccc2c1cc1ccccc1[n+]2N. The van der Waals surface area contributed by atoms with Crippen LogP contribution < -0.4 is 16.3 Å². The van der Waals surface area contributed by atoms with Gasteiger partial charge < -0.3 is 5.73 Å². The lowest BCUT2D eigenvalue weighted by molar-refractivity contribution is -0.583. The summed E-state index contributed by atoms with van der Waals surface area (Å²) >= 11 is 0. The number of nitrogens with zero attached hydrogens (tertiary/aromatic N) is 1. The zero-order valence-electron chi connectivity index (χ0n) is 8.72. The highest BCUT2D eigenvalue weighted by atomic mass is 15.3. The monoisotopic (exact) mass is 210 g/mol. The maximum Gasteiger partial charge on any atom is 0.244 e. The van der Waals surface area contributed by atoms with E-state index in [1.54, 1.807) is 4.68 Å². The van der Waals surface area contributed by atoms with Crippen molar-refractivity contribution >= 4 is 27.5 Å². The molecule has 3 heteroatoms. The van der Waals surface area contributed by atoms with Crippen LogP contribution in [0.5, 0.6) is 0 Å². The van der Waals surface area contributed by atoms with Gasteiger partial charge in [-0.15, -0.1) is 0 Å². The highest BCUT2D eigenvalue weighted by molar-refractivity contribution is 5.95. The molecule has 2 aromatic carbocycles. The molecule has 1 heterocycles. The topological polar surface area (TPSA) is 55.9 Å². The van der Waals surface area contributed by atoms with Crippen LogP contribution in [0, 0.1) is 0 Å². The molecule has 0 radical (unpaired) electrons. The molecule has 0 aliphatic rings. The smallest absolute Gasteiger partial charge is 0.244 e. The van der Waals surface area contributed by atoms with Crippen LogP contribution in [0.15, 0.2) is 48.5 Å². The van der Waals surface area contributed by atoms with Crippen LogP contribution in [0.25, 0.3) is 21.8 Å². The third-order valence-electron chi connectivity index (χ3n) is 2.87. The first kappa shape index (κ1) is 8.97. The van der Waals surface area contributed by atoms with E-state index in [4.69, 9.17) is 11.6 Å². The molecule has 0 spiro atoms. The van der Waals surface area contributed by atoms with E-state index in [1.807, 2.05) is 42.5 Å². The van der Waals surface area contributed by atoms with Crippen molar-refractivity contribution < 1.29 is 4.68 Å². The van der Waals surface area contributed by atoms with Crippen LogP contribution in [-0.4, -0.2) is 0 Å². The molecule has 78 valence electrons. The number of para-hydroxylation sites is 1. The van der Waals surface area contributed by atoms with Crippen LogP contribution in [0.3, 0.4) is 0 Å². The lowest BCUT2D eigenvalue weighted by Crippen LogP contribution is -2.45. The summed E-state index contributed by atoms with van der Waals surface area (Å²) in [6, 6.07) is 15.8. The zero-order valence-corrected chi connectivity index (χ0v) is 8.72. The standard InChI is InChI=1S/C13H11N3/c14-11-5-3-7-13-10(11)8-9-4-1-2-6-12(9)16(13)15/h1-8,14H,15H2/p+1. The number of anilines is 1. The molecule has 3 nitrogen and oxygen atoms in total. The lowest BCUT2D eigenvalue weighted by atomic mass is 10.1. The van der Waals surface area contributed by atoms with Gasteiger partial charge in [0, 0.05) is 23.2 Å². The van der Waals surface area contributed by atoms with E-state index >= 15 is 0 Å². The number of hydrogen-bond donors (Lipinski definition) is 2. The van der Waals surface area contributed by atoms with Crippen LogP contribution in [0.2, 0.25) is 0 Å². The fourth-order valence-corrected chi connectivity index (χ4v) is 2.05. The van der Waals surface area contributed by atoms with Crippen molar-refractivity contribution in [2.24, 2.45) is 0 Å². The Balaban J connectivity index is 2.61. The number of nitrogens with two attached hydrogens (primary N) is 2. The van der Waals surface area contributed by atoms with E-state index in [1.165, 1.54) is 0 Å². The molecule has 1 aromatic heterocycles. The fraction of sp³-hybridized carbons (Fsp3) is 0. The average molecular weight is 210 g/mol. The molecule has 0 unspecified atom stereocenters. The number of hydrogen-bond acceptors (Lipinski definition) is 2. The zero-order chi connectivity index (χ0) is 11.1. The number of pyridine rings is 1. The van der Waals surface area contributed by atoms with Gasteiger partial charge in [-0.1, -0.05) is 22.9 Å². The summed E-state index contributed by atoms with van der Waals surface area (Å²) in [5.74, 6) is 6.08. The Labute approximate surface area is 92.9 Å². The molecule has 0 saturated heterocycles. The van der Waals surface area contributed by atoms with E-state index < -0.39 is 0 Å². The van der Waals surface area contributed by atoms with Crippen molar-refractivity contribution in [3.63, 3.8) is 0 Å². The maximum atomic E-state index is 6.08. The van der Waals surface area contributed by atoms with Crippen molar-refractivity contribution in [2.75, 3.05) is 11.6 Å². The molecule has 0 fully saturated rings. The van der Waals surface area contributed by atoms with Gasteiger partial charge in [-0.05, 0) is 18.2 Å². The average Bonchev–Trinajstić information content (AvgIpc) is 2.31. The molecule has 4 N–H and O–H groups in total. The second-order valence-corrected chi connectivity index (χ2v) is 3.85. The van der Waals surface area contributed by atoms with E-state index in [9.17, 15) is 0 Å². The Hall–Kier alpha value is -2.29. The van der Waals surface area contributed by atoms with Gasteiger partial charge in [0.05, 0.1) is 5.39 Å². The molecule has 0 saturated carbocycles. The predicted octanol–water partition coefficient (Wildman–Crippen LogP) is 1.58. The minimum absolute atomic E-state index is 0.752. The predicted molar refractivity (Wildman–Crippen MR) is 66.2 cm³/mol. The molecular formula is C13H12N3+. The lowest BCUT2D eigenvalue weighted by Gasteiger charge is -2.02. The first-order chi connectivity index (χ1) is 7.77. The summed E-state index contributed by atoms with van der Waals surface area (Å²) < 4.78 is 1.68. The molecule has 3 rings (SSSR count). The van der Waals surface area contributed by atoms with E-state index in [0.29, 0.717) is 0 Å². The van der Waals surface area contributed by atoms with Gasteiger partial charge >= 0.3 is 0 Å². The van der Waals surface area contributed by atoms with Gasteiger partial charge in [0.15, 0.2) is 0 Å². The molecule has 0 aliphatic carbocycles. The molecule has 0 amide bonds. The van der Waals surface area contributed by atoms with Crippen molar-refractivity contribution in [2.45, 2.75) is 0 Å². The van der Waals surface area contributed by atoms with Gasteiger partial charge in [-0.2, -0.15) is 0 Å². The summed E-state index contributed by atoms with van der Waals surface area (Å²) in [4.78, 5) is 0. The fourth-order valence-electron chi connectivity index (χ4n) is 2.05. The van der Waals surface area contributed by atoms with Crippen LogP contribution in [0.4, 0.5) is 5.69 Å². The number of rotatable bonds is 0. The minimum Gasteiger partial charge on any atom is -0.398 e. The van der Waals surface area contributed by atoms with Crippen molar-refractivity contribution in [3.05, 3.63) is 48.5 Å². The summed E-state index contributed by atoms with van der Waals surface area (Å²) in [6.07, 6.45) is 0. The molecule has 16 heavy (non-hydrogen) atoms. The Morgan fingerprint density at radius 1 is 0.875 bits per heavy atom. The van der Waals surface area contributed by atoms with Gasteiger partial charge in [0.2, 0.25) is 11.0 Å². The summed E-state index contributed by atoms with van der Waals surface area (Å²) in [7, 11) is 0. The number of fused-ring (bicyclic) bond motifs is 2. The Morgan fingerprint density at radius 3 is 2.50 bits per heavy atom. The Kier molecular flexibility index (Phi) is 1.74. The van der Waals surface area contributed by atoms with Gasteiger partial charge in [0.25, 0.3) is 0 Å². The summed E-state index contributed by atoms with van der Waals surface area (Å²) in [6.45, 7) is 0. The third kappa shape index (κ3) is 1.11. The molecule has 0 aliphatic heterocycles. The highest BCUT2D eigenvalue weighted by Crippen LogP contribution is 2.21.